The van der Waals surface area contributed by atoms with E-state index in [-0.39, 0.29) is 24.1 Å². The van der Waals surface area contributed by atoms with Gasteiger partial charge in [0.05, 0.1) is 24.5 Å². The molecule has 0 unspecified atom stereocenters. The van der Waals surface area contributed by atoms with Gasteiger partial charge in [0.25, 0.3) is 0 Å². The molecule has 1 atom stereocenters. The van der Waals surface area contributed by atoms with E-state index in [0.29, 0.717) is 0 Å². The Bertz CT molecular complexity index is 374. The van der Waals surface area contributed by atoms with Crippen LogP contribution in [0.1, 0.15) is 6.92 Å². The van der Waals surface area contributed by atoms with Crippen LogP contribution in [0.2, 0.25) is 0 Å². The third kappa shape index (κ3) is 2.76. The van der Waals surface area contributed by atoms with Gasteiger partial charge in [-0.1, -0.05) is 6.92 Å². The van der Waals surface area contributed by atoms with Crippen molar-refractivity contribution in [1.29, 1.82) is 0 Å². The molecule has 82 valence electrons. The average molecular weight is 213 g/mol. The number of hydrogen-bond donors (Lipinski definition) is 0. The van der Waals surface area contributed by atoms with Crippen LogP contribution in [0.3, 0.4) is 0 Å². The summed E-state index contributed by atoms with van der Waals surface area (Å²) in [7, 11) is 1.30. The van der Waals surface area contributed by atoms with Crippen molar-refractivity contribution in [2.24, 2.45) is 5.92 Å². The van der Waals surface area contributed by atoms with Gasteiger partial charge in [0.15, 0.2) is 0 Å². The Balaban J connectivity index is 2.65. The summed E-state index contributed by atoms with van der Waals surface area (Å²) in [4.78, 5) is 20.9. The summed E-state index contributed by atoms with van der Waals surface area (Å²) < 4.78 is 5.87. The molecule has 0 saturated heterocycles. The van der Waals surface area contributed by atoms with Crippen LogP contribution >= 0.6 is 0 Å². The van der Waals surface area contributed by atoms with E-state index in [1.165, 1.54) is 18.0 Å². The molecule has 0 fully saturated rings. The number of rotatable bonds is 4. The molecule has 0 amide bonds. The standard InChI is InChI=1S/C8H11N3O4/c1-6(8(12)15-2)4-10-5-7(3-9-10)11(13)14/h3,5-6H,4H2,1-2H3/t6-/m1/s1. The fourth-order valence-electron chi connectivity index (χ4n) is 1.10. The van der Waals surface area contributed by atoms with Crippen molar-refractivity contribution < 1.29 is 14.5 Å². The Kier molecular flexibility index (Phi) is 3.37. The minimum atomic E-state index is -0.535. The summed E-state index contributed by atoms with van der Waals surface area (Å²) in [5.74, 6) is -0.748. The van der Waals surface area contributed by atoms with Gasteiger partial charge < -0.3 is 4.74 Å². The van der Waals surface area contributed by atoms with Crippen LogP contribution in [0.5, 0.6) is 0 Å². The number of esters is 1. The van der Waals surface area contributed by atoms with E-state index < -0.39 is 4.92 Å². The number of methoxy groups -OCH3 is 1. The smallest absolute Gasteiger partial charge is 0.310 e. The van der Waals surface area contributed by atoms with Crippen LogP contribution < -0.4 is 0 Å². The molecule has 0 aromatic carbocycles. The molecule has 1 heterocycles. The molecule has 0 saturated carbocycles. The zero-order valence-electron chi connectivity index (χ0n) is 8.41. The summed E-state index contributed by atoms with van der Waals surface area (Å²) in [6.07, 6.45) is 2.42. The molecule has 0 bridgehead atoms. The van der Waals surface area contributed by atoms with Crippen molar-refractivity contribution >= 4 is 11.7 Å². The monoisotopic (exact) mass is 213 g/mol. The van der Waals surface area contributed by atoms with Gasteiger partial charge in [0.2, 0.25) is 0 Å². The number of aromatic nitrogens is 2. The van der Waals surface area contributed by atoms with Crippen molar-refractivity contribution in [3.63, 3.8) is 0 Å². The Morgan fingerprint density at radius 2 is 2.47 bits per heavy atom. The first-order valence-electron chi connectivity index (χ1n) is 4.29. The van der Waals surface area contributed by atoms with Crippen LogP contribution in [-0.2, 0) is 16.1 Å². The highest BCUT2D eigenvalue weighted by molar-refractivity contribution is 5.71. The first-order chi connectivity index (χ1) is 7.04. The second-order valence-corrected chi connectivity index (χ2v) is 3.10. The predicted molar refractivity (Wildman–Crippen MR) is 50.1 cm³/mol. The number of carbonyl (C=O) groups is 1. The molecule has 1 aromatic rings. The quantitative estimate of drug-likeness (QED) is 0.415. The lowest BCUT2D eigenvalue weighted by Gasteiger charge is -2.07. The van der Waals surface area contributed by atoms with E-state index in [2.05, 4.69) is 9.84 Å². The number of nitrogens with zero attached hydrogens (tertiary/aromatic N) is 3. The zero-order chi connectivity index (χ0) is 11.4. The van der Waals surface area contributed by atoms with E-state index in [1.807, 2.05) is 0 Å². The fourth-order valence-corrected chi connectivity index (χ4v) is 1.10. The first-order valence-corrected chi connectivity index (χ1v) is 4.29. The van der Waals surface area contributed by atoms with E-state index in [1.54, 1.807) is 6.92 Å². The van der Waals surface area contributed by atoms with Crippen molar-refractivity contribution in [1.82, 2.24) is 9.78 Å². The van der Waals surface area contributed by atoms with Crippen LogP contribution in [-0.4, -0.2) is 27.8 Å². The van der Waals surface area contributed by atoms with Crippen molar-refractivity contribution in [3.8, 4) is 0 Å². The molecule has 0 radical (unpaired) electrons. The van der Waals surface area contributed by atoms with Crippen molar-refractivity contribution in [2.45, 2.75) is 13.5 Å². The third-order valence-electron chi connectivity index (χ3n) is 1.89. The second-order valence-electron chi connectivity index (χ2n) is 3.10. The SMILES string of the molecule is COC(=O)[C@H](C)Cn1cc([N+](=O)[O-])cn1. The summed E-state index contributed by atoms with van der Waals surface area (Å²) in [6, 6.07) is 0. The van der Waals surface area contributed by atoms with Crippen LogP contribution in [0.25, 0.3) is 0 Å². The fraction of sp³-hybridized carbons (Fsp3) is 0.500. The first kappa shape index (κ1) is 11.2. The number of carbonyl (C=O) groups excluding carboxylic acids is 1. The van der Waals surface area contributed by atoms with E-state index in [9.17, 15) is 14.9 Å². The van der Waals surface area contributed by atoms with Gasteiger partial charge in [-0.15, -0.1) is 0 Å². The lowest BCUT2D eigenvalue weighted by atomic mass is 10.2. The molecule has 0 spiro atoms. The van der Waals surface area contributed by atoms with Crippen molar-refractivity contribution in [3.05, 3.63) is 22.5 Å². The molecule has 1 rings (SSSR count). The number of hydrogen-bond acceptors (Lipinski definition) is 5. The maximum Gasteiger partial charge on any atom is 0.310 e. The molecule has 0 N–H and O–H groups in total. The van der Waals surface area contributed by atoms with Gasteiger partial charge in [-0.3, -0.25) is 19.6 Å². The maximum atomic E-state index is 11.1. The molecule has 1 aromatic heterocycles. The van der Waals surface area contributed by atoms with E-state index in [4.69, 9.17) is 0 Å². The topological polar surface area (TPSA) is 87.3 Å². The van der Waals surface area contributed by atoms with Crippen LogP contribution in [0.4, 0.5) is 5.69 Å². The normalized spacial score (nSPS) is 12.1. The molecule has 0 aliphatic carbocycles. The summed E-state index contributed by atoms with van der Waals surface area (Å²) in [6.45, 7) is 1.93. The molecule has 0 aliphatic rings. The lowest BCUT2D eigenvalue weighted by Crippen LogP contribution is -2.18. The summed E-state index contributed by atoms with van der Waals surface area (Å²) in [5, 5.41) is 14.1. The molecular formula is C8H11N3O4. The molecular weight excluding hydrogens is 202 g/mol. The van der Waals surface area contributed by atoms with E-state index >= 15 is 0 Å². The predicted octanol–water partition coefficient (Wildman–Crippen LogP) is 0.600. The van der Waals surface area contributed by atoms with Crippen LogP contribution in [0.15, 0.2) is 12.4 Å². The molecule has 7 nitrogen and oxygen atoms in total. The molecule has 15 heavy (non-hydrogen) atoms. The van der Waals surface area contributed by atoms with Gasteiger partial charge in [-0.05, 0) is 0 Å². The van der Waals surface area contributed by atoms with Crippen molar-refractivity contribution in [2.75, 3.05) is 7.11 Å². The minimum absolute atomic E-state index is 0.0907. The third-order valence-corrected chi connectivity index (χ3v) is 1.89. The number of ether oxygens (including phenoxy) is 1. The van der Waals surface area contributed by atoms with Gasteiger partial charge in [-0.2, -0.15) is 5.10 Å². The number of nitro groups is 1. The summed E-state index contributed by atoms with van der Waals surface area (Å²) in [5.41, 5.74) is -0.0907. The Morgan fingerprint density at radius 3 is 2.93 bits per heavy atom. The van der Waals surface area contributed by atoms with E-state index in [0.717, 1.165) is 6.20 Å². The average Bonchev–Trinajstić information content (AvgIpc) is 2.65. The molecule has 7 heteroatoms. The molecule has 0 aliphatic heterocycles. The summed E-state index contributed by atoms with van der Waals surface area (Å²) >= 11 is 0. The van der Waals surface area contributed by atoms with Gasteiger partial charge >= 0.3 is 11.7 Å². The highest BCUT2D eigenvalue weighted by Crippen LogP contribution is 2.10. The second kappa shape index (κ2) is 4.54. The Labute approximate surface area is 85.8 Å². The minimum Gasteiger partial charge on any atom is -0.469 e. The lowest BCUT2D eigenvalue weighted by molar-refractivity contribution is -0.385. The maximum absolute atomic E-state index is 11.1. The zero-order valence-corrected chi connectivity index (χ0v) is 8.41. The largest absolute Gasteiger partial charge is 0.469 e. The highest BCUT2D eigenvalue weighted by atomic mass is 16.6. The van der Waals surface area contributed by atoms with Crippen LogP contribution in [0, 0.1) is 16.0 Å². The van der Waals surface area contributed by atoms with Gasteiger partial charge in [0, 0.05) is 0 Å². The Morgan fingerprint density at radius 1 is 1.80 bits per heavy atom. The van der Waals surface area contributed by atoms with Gasteiger partial charge in [-0.25, -0.2) is 0 Å². The Hall–Kier alpha value is -1.92. The highest BCUT2D eigenvalue weighted by Gasteiger charge is 2.16. The van der Waals surface area contributed by atoms with Gasteiger partial charge in [0.1, 0.15) is 12.4 Å².